The van der Waals surface area contributed by atoms with Crippen LogP contribution in [-0.2, 0) is 21.2 Å². The quantitative estimate of drug-likeness (QED) is 0.745. The highest BCUT2D eigenvalue weighted by atomic mass is 32.2. The van der Waals surface area contributed by atoms with Crippen molar-refractivity contribution in [3.05, 3.63) is 65.7 Å². The van der Waals surface area contributed by atoms with Crippen molar-refractivity contribution in [1.29, 1.82) is 0 Å². The summed E-state index contributed by atoms with van der Waals surface area (Å²) in [4.78, 5) is 11.9. The number of benzene rings is 2. The summed E-state index contributed by atoms with van der Waals surface area (Å²) in [5.41, 5.74) is 1.84. The number of aryl methyl sites for hydroxylation is 1. The van der Waals surface area contributed by atoms with Gasteiger partial charge in [-0.25, -0.2) is 13.1 Å². The Morgan fingerprint density at radius 2 is 1.58 bits per heavy atom. The van der Waals surface area contributed by atoms with Crippen molar-refractivity contribution in [2.75, 3.05) is 0 Å². The highest BCUT2D eigenvalue weighted by Gasteiger charge is 2.18. The predicted molar refractivity (Wildman–Crippen MR) is 103 cm³/mol. The molecule has 26 heavy (non-hydrogen) atoms. The van der Waals surface area contributed by atoms with Crippen molar-refractivity contribution < 1.29 is 13.2 Å². The van der Waals surface area contributed by atoms with Crippen LogP contribution in [0.15, 0.2) is 59.5 Å². The van der Waals surface area contributed by atoms with Crippen LogP contribution in [0.2, 0.25) is 0 Å². The third-order valence-corrected chi connectivity index (χ3v) is 5.51. The van der Waals surface area contributed by atoms with Gasteiger partial charge in [0.25, 0.3) is 0 Å². The first-order valence-electron chi connectivity index (χ1n) is 8.73. The molecule has 0 spiro atoms. The lowest BCUT2D eigenvalue weighted by molar-refractivity contribution is -0.121. The second-order valence-corrected chi connectivity index (χ2v) is 8.33. The van der Waals surface area contributed by atoms with E-state index in [1.54, 1.807) is 24.3 Å². The zero-order valence-corrected chi connectivity index (χ0v) is 16.2. The minimum Gasteiger partial charge on any atom is -0.354 e. The highest BCUT2D eigenvalue weighted by Crippen LogP contribution is 2.17. The molecule has 1 amide bonds. The van der Waals surface area contributed by atoms with E-state index in [1.807, 2.05) is 51.1 Å². The number of rotatable bonds is 8. The fourth-order valence-corrected chi connectivity index (χ4v) is 3.83. The number of carbonyl (C=O) groups is 1. The summed E-state index contributed by atoms with van der Waals surface area (Å²) in [6, 6.07) is 15.9. The third-order valence-electron chi connectivity index (χ3n) is 3.96. The number of amides is 1. The molecule has 6 heteroatoms. The maximum absolute atomic E-state index is 12.5. The van der Waals surface area contributed by atoms with Crippen LogP contribution in [0.25, 0.3) is 0 Å². The van der Waals surface area contributed by atoms with Gasteiger partial charge in [-0.15, -0.1) is 0 Å². The molecule has 1 atom stereocenters. The van der Waals surface area contributed by atoms with Gasteiger partial charge in [0.1, 0.15) is 0 Å². The number of nitrogens with one attached hydrogen (secondary N) is 2. The molecule has 0 bridgehead atoms. The third kappa shape index (κ3) is 5.97. The lowest BCUT2D eigenvalue weighted by Crippen LogP contribution is -2.30. The maximum Gasteiger partial charge on any atom is 0.241 e. The van der Waals surface area contributed by atoms with Gasteiger partial charge >= 0.3 is 0 Å². The first-order valence-corrected chi connectivity index (χ1v) is 10.2. The van der Waals surface area contributed by atoms with E-state index in [0.29, 0.717) is 12.8 Å². The lowest BCUT2D eigenvalue weighted by atomic mass is 10.1. The van der Waals surface area contributed by atoms with E-state index in [0.717, 1.165) is 11.1 Å². The van der Waals surface area contributed by atoms with E-state index >= 15 is 0 Å². The van der Waals surface area contributed by atoms with Crippen molar-refractivity contribution in [2.24, 2.45) is 0 Å². The van der Waals surface area contributed by atoms with Crippen molar-refractivity contribution >= 4 is 15.9 Å². The molecule has 0 fully saturated rings. The molecule has 0 saturated carbocycles. The van der Waals surface area contributed by atoms with E-state index in [4.69, 9.17) is 0 Å². The van der Waals surface area contributed by atoms with Gasteiger partial charge in [0.2, 0.25) is 15.9 Å². The van der Waals surface area contributed by atoms with Gasteiger partial charge in [-0.3, -0.25) is 4.79 Å². The molecule has 2 aromatic carbocycles. The summed E-state index contributed by atoms with van der Waals surface area (Å²) in [6.07, 6.45) is 0.959. The molecule has 140 valence electrons. The van der Waals surface area contributed by atoms with E-state index in [1.165, 1.54) is 0 Å². The zero-order valence-electron chi connectivity index (χ0n) is 15.4. The van der Waals surface area contributed by atoms with Crippen LogP contribution in [0.1, 0.15) is 44.4 Å². The Kier molecular flexibility index (Phi) is 6.94. The van der Waals surface area contributed by atoms with Gasteiger partial charge in [0, 0.05) is 18.5 Å². The van der Waals surface area contributed by atoms with Crippen LogP contribution in [0.3, 0.4) is 0 Å². The van der Waals surface area contributed by atoms with Crippen LogP contribution < -0.4 is 10.0 Å². The van der Waals surface area contributed by atoms with Crippen LogP contribution in [-0.4, -0.2) is 20.4 Å². The Morgan fingerprint density at radius 1 is 0.962 bits per heavy atom. The largest absolute Gasteiger partial charge is 0.354 e. The molecular formula is C20H26N2O3S. The van der Waals surface area contributed by atoms with Gasteiger partial charge in [0.05, 0.1) is 4.90 Å². The van der Waals surface area contributed by atoms with E-state index in [-0.39, 0.29) is 22.9 Å². The van der Waals surface area contributed by atoms with E-state index in [2.05, 4.69) is 10.0 Å². The Balaban J connectivity index is 1.99. The van der Waals surface area contributed by atoms with Crippen LogP contribution in [0, 0.1) is 0 Å². The molecule has 2 N–H and O–H groups in total. The Bertz CT molecular complexity index is 816. The van der Waals surface area contributed by atoms with Crippen molar-refractivity contribution in [2.45, 2.75) is 50.6 Å². The van der Waals surface area contributed by atoms with E-state index < -0.39 is 10.0 Å². The SMILES string of the molecule is CC(C)NC(=O)CCc1ccc(S(=O)(=O)N[C@@H](C)c2ccccc2)cc1. The molecule has 0 aliphatic carbocycles. The molecule has 5 nitrogen and oxygen atoms in total. The van der Waals surface area contributed by atoms with Gasteiger partial charge in [-0.1, -0.05) is 42.5 Å². The number of carbonyl (C=O) groups excluding carboxylic acids is 1. The minimum atomic E-state index is -3.60. The average molecular weight is 375 g/mol. The molecule has 0 radical (unpaired) electrons. The topological polar surface area (TPSA) is 75.3 Å². The number of hydrogen-bond acceptors (Lipinski definition) is 3. The van der Waals surface area contributed by atoms with Crippen LogP contribution in [0.4, 0.5) is 0 Å². The lowest BCUT2D eigenvalue weighted by Gasteiger charge is -2.15. The van der Waals surface area contributed by atoms with Gasteiger partial charge < -0.3 is 5.32 Å². The molecule has 0 heterocycles. The van der Waals surface area contributed by atoms with Crippen LogP contribution >= 0.6 is 0 Å². The summed E-state index contributed by atoms with van der Waals surface area (Å²) in [6.45, 7) is 5.65. The fraction of sp³-hybridized carbons (Fsp3) is 0.350. The van der Waals surface area contributed by atoms with Crippen molar-refractivity contribution in [3.8, 4) is 0 Å². The van der Waals surface area contributed by atoms with Crippen molar-refractivity contribution in [1.82, 2.24) is 10.0 Å². The number of hydrogen-bond donors (Lipinski definition) is 2. The first kappa shape index (κ1) is 20.1. The zero-order chi connectivity index (χ0) is 19.2. The fourth-order valence-electron chi connectivity index (χ4n) is 2.60. The van der Waals surface area contributed by atoms with Gasteiger partial charge in [0.15, 0.2) is 0 Å². The standard InChI is InChI=1S/C20H26N2O3S/c1-15(2)21-20(23)14-11-17-9-12-19(13-10-17)26(24,25)22-16(3)18-7-5-4-6-8-18/h4-10,12-13,15-16,22H,11,14H2,1-3H3,(H,21,23)/t16-/m0/s1. The van der Waals surface area contributed by atoms with Crippen molar-refractivity contribution in [3.63, 3.8) is 0 Å². The summed E-state index contributed by atoms with van der Waals surface area (Å²) in [7, 11) is -3.60. The molecule has 0 aliphatic rings. The highest BCUT2D eigenvalue weighted by molar-refractivity contribution is 7.89. The monoisotopic (exact) mass is 374 g/mol. The Hall–Kier alpha value is -2.18. The van der Waals surface area contributed by atoms with Gasteiger partial charge in [-0.05, 0) is 50.5 Å². The normalized spacial score (nSPS) is 12.8. The molecule has 0 aliphatic heterocycles. The second-order valence-electron chi connectivity index (χ2n) is 6.62. The predicted octanol–water partition coefficient (Wildman–Crippen LogP) is 3.18. The van der Waals surface area contributed by atoms with Crippen LogP contribution in [0.5, 0.6) is 0 Å². The summed E-state index contributed by atoms with van der Waals surface area (Å²) in [5, 5.41) is 2.84. The number of sulfonamides is 1. The van der Waals surface area contributed by atoms with E-state index in [9.17, 15) is 13.2 Å². The maximum atomic E-state index is 12.5. The average Bonchev–Trinajstić information content (AvgIpc) is 2.60. The molecular weight excluding hydrogens is 348 g/mol. The molecule has 0 aromatic heterocycles. The Morgan fingerprint density at radius 3 is 2.15 bits per heavy atom. The summed E-state index contributed by atoms with van der Waals surface area (Å²) in [5.74, 6) is -0.00458. The minimum absolute atomic E-state index is 0.00458. The summed E-state index contributed by atoms with van der Waals surface area (Å²) >= 11 is 0. The molecule has 0 saturated heterocycles. The molecule has 2 rings (SSSR count). The molecule has 2 aromatic rings. The summed E-state index contributed by atoms with van der Waals surface area (Å²) < 4.78 is 27.8. The smallest absolute Gasteiger partial charge is 0.241 e. The Labute approximate surface area is 155 Å². The van der Waals surface area contributed by atoms with Gasteiger partial charge in [-0.2, -0.15) is 0 Å². The molecule has 0 unspecified atom stereocenters. The first-order chi connectivity index (χ1) is 12.3. The second kappa shape index (κ2) is 8.96.